The van der Waals surface area contributed by atoms with E-state index in [1.54, 1.807) is 12.1 Å². The SMILES string of the molecule is CCc1cc(C(O)C(=O)O)c(OC)cc1OC. The van der Waals surface area contributed by atoms with Crippen LogP contribution in [0.25, 0.3) is 0 Å². The van der Waals surface area contributed by atoms with Crippen LogP contribution >= 0.6 is 0 Å². The van der Waals surface area contributed by atoms with E-state index in [-0.39, 0.29) is 5.56 Å². The van der Waals surface area contributed by atoms with Crippen molar-refractivity contribution in [3.63, 3.8) is 0 Å². The van der Waals surface area contributed by atoms with Crippen molar-refractivity contribution in [2.24, 2.45) is 0 Å². The van der Waals surface area contributed by atoms with Crippen molar-refractivity contribution in [1.29, 1.82) is 0 Å². The van der Waals surface area contributed by atoms with Gasteiger partial charge in [0.15, 0.2) is 6.10 Å². The smallest absolute Gasteiger partial charge is 0.337 e. The zero-order chi connectivity index (χ0) is 13.0. The number of rotatable bonds is 5. The van der Waals surface area contributed by atoms with Crippen LogP contribution in [-0.4, -0.2) is 30.4 Å². The molecule has 0 radical (unpaired) electrons. The van der Waals surface area contributed by atoms with Crippen LogP contribution in [0.4, 0.5) is 0 Å². The fourth-order valence-electron chi connectivity index (χ4n) is 1.61. The van der Waals surface area contributed by atoms with Crippen LogP contribution in [0.2, 0.25) is 0 Å². The van der Waals surface area contributed by atoms with E-state index in [2.05, 4.69) is 0 Å². The molecule has 5 heteroatoms. The van der Waals surface area contributed by atoms with Crippen molar-refractivity contribution < 1.29 is 24.5 Å². The van der Waals surface area contributed by atoms with Crippen molar-refractivity contribution in [2.75, 3.05) is 14.2 Å². The molecule has 1 unspecified atom stereocenters. The van der Waals surface area contributed by atoms with E-state index in [0.29, 0.717) is 17.9 Å². The third kappa shape index (κ3) is 2.68. The predicted octanol–water partition coefficient (Wildman–Crippen LogP) is 1.38. The quantitative estimate of drug-likeness (QED) is 0.813. The molecule has 1 aromatic rings. The van der Waals surface area contributed by atoms with Gasteiger partial charge in [0.2, 0.25) is 0 Å². The molecule has 0 fully saturated rings. The Hall–Kier alpha value is -1.75. The lowest BCUT2D eigenvalue weighted by atomic mass is 10.0. The molecule has 0 aromatic heterocycles. The Balaban J connectivity index is 3.33. The van der Waals surface area contributed by atoms with Gasteiger partial charge in [-0.2, -0.15) is 0 Å². The summed E-state index contributed by atoms with van der Waals surface area (Å²) >= 11 is 0. The minimum Gasteiger partial charge on any atom is -0.496 e. The Morgan fingerprint density at radius 3 is 2.29 bits per heavy atom. The number of methoxy groups -OCH3 is 2. The lowest BCUT2D eigenvalue weighted by Crippen LogP contribution is -2.12. The number of carboxylic acid groups (broad SMARTS) is 1. The van der Waals surface area contributed by atoms with Crippen LogP contribution in [0, 0.1) is 0 Å². The summed E-state index contributed by atoms with van der Waals surface area (Å²) in [6, 6.07) is 3.18. The molecular weight excluding hydrogens is 224 g/mol. The van der Waals surface area contributed by atoms with Gasteiger partial charge >= 0.3 is 5.97 Å². The minimum atomic E-state index is -1.60. The van der Waals surface area contributed by atoms with Gasteiger partial charge < -0.3 is 19.7 Å². The average molecular weight is 240 g/mol. The molecule has 1 atom stereocenters. The minimum absolute atomic E-state index is 0.234. The maximum absolute atomic E-state index is 10.8. The van der Waals surface area contributed by atoms with Gasteiger partial charge in [0.25, 0.3) is 0 Å². The van der Waals surface area contributed by atoms with Crippen LogP contribution in [0.3, 0.4) is 0 Å². The first kappa shape index (κ1) is 13.3. The molecule has 0 spiro atoms. The number of hydrogen-bond donors (Lipinski definition) is 2. The molecule has 94 valence electrons. The first-order chi connectivity index (χ1) is 8.04. The fourth-order valence-corrected chi connectivity index (χ4v) is 1.61. The zero-order valence-electron chi connectivity index (χ0n) is 10.1. The molecule has 0 bridgehead atoms. The highest BCUT2D eigenvalue weighted by molar-refractivity contribution is 5.75. The molecule has 0 saturated heterocycles. The second-order valence-corrected chi connectivity index (χ2v) is 3.50. The maximum atomic E-state index is 10.8. The van der Waals surface area contributed by atoms with Gasteiger partial charge in [-0.1, -0.05) is 6.92 Å². The number of aliphatic carboxylic acids is 1. The van der Waals surface area contributed by atoms with Crippen LogP contribution in [0.15, 0.2) is 12.1 Å². The molecule has 0 aliphatic heterocycles. The third-order valence-corrected chi connectivity index (χ3v) is 2.54. The van der Waals surface area contributed by atoms with Gasteiger partial charge in [0.05, 0.1) is 14.2 Å². The van der Waals surface area contributed by atoms with E-state index in [1.165, 1.54) is 14.2 Å². The first-order valence-electron chi connectivity index (χ1n) is 5.20. The number of ether oxygens (including phenoxy) is 2. The van der Waals surface area contributed by atoms with Gasteiger partial charge in [-0.15, -0.1) is 0 Å². The maximum Gasteiger partial charge on any atom is 0.337 e. The number of hydrogen-bond acceptors (Lipinski definition) is 4. The highest BCUT2D eigenvalue weighted by atomic mass is 16.5. The highest BCUT2D eigenvalue weighted by Crippen LogP contribution is 2.33. The largest absolute Gasteiger partial charge is 0.496 e. The molecule has 1 aromatic carbocycles. The van der Waals surface area contributed by atoms with Crippen LogP contribution in [0.5, 0.6) is 11.5 Å². The number of carbonyl (C=O) groups is 1. The predicted molar refractivity (Wildman–Crippen MR) is 61.5 cm³/mol. The molecule has 0 aliphatic rings. The Morgan fingerprint density at radius 1 is 1.29 bits per heavy atom. The first-order valence-corrected chi connectivity index (χ1v) is 5.20. The van der Waals surface area contributed by atoms with Gasteiger partial charge in [-0.25, -0.2) is 4.79 Å². The second-order valence-electron chi connectivity index (χ2n) is 3.50. The van der Waals surface area contributed by atoms with Crippen LogP contribution in [-0.2, 0) is 11.2 Å². The fraction of sp³-hybridized carbons (Fsp3) is 0.417. The van der Waals surface area contributed by atoms with Crippen molar-refractivity contribution in [3.8, 4) is 11.5 Å². The van der Waals surface area contributed by atoms with E-state index in [9.17, 15) is 9.90 Å². The van der Waals surface area contributed by atoms with E-state index in [4.69, 9.17) is 14.6 Å². The van der Waals surface area contributed by atoms with E-state index >= 15 is 0 Å². The van der Waals surface area contributed by atoms with Gasteiger partial charge in [0.1, 0.15) is 11.5 Å². The Morgan fingerprint density at radius 2 is 1.88 bits per heavy atom. The van der Waals surface area contributed by atoms with E-state index in [1.807, 2.05) is 6.92 Å². The molecule has 1 rings (SSSR count). The topological polar surface area (TPSA) is 76.0 Å². The van der Waals surface area contributed by atoms with Gasteiger partial charge in [-0.3, -0.25) is 0 Å². The number of aliphatic hydroxyl groups is 1. The van der Waals surface area contributed by atoms with Crippen molar-refractivity contribution in [3.05, 3.63) is 23.3 Å². The second kappa shape index (κ2) is 5.54. The summed E-state index contributed by atoms with van der Waals surface area (Å²) in [5.74, 6) is -0.393. The van der Waals surface area contributed by atoms with Crippen molar-refractivity contribution in [2.45, 2.75) is 19.4 Å². The highest BCUT2D eigenvalue weighted by Gasteiger charge is 2.22. The summed E-state index contributed by atoms with van der Waals surface area (Å²) < 4.78 is 10.2. The summed E-state index contributed by atoms with van der Waals surface area (Å²) in [7, 11) is 2.94. The Bertz CT molecular complexity index is 414. The summed E-state index contributed by atoms with van der Waals surface area (Å²) in [6.07, 6.45) is -0.923. The van der Waals surface area contributed by atoms with Gasteiger partial charge in [-0.05, 0) is 18.1 Å². The molecule has 0 amide bonds. The molecule has 0 saturated carbocycles. The summed E-state index contributed by atoms with van der Waals surface area (Å²) in [6.45, 7) is 1.92. The lowest BCUT2D eigenvalue weighted by molar-refractivity contribution is -0.147. The monoisotopic (exact) mass is 240 g/mol. The number of carboxylic acids is 1. The van der Waals surface area contributed by atoms with Crippen molar-refractivity contribution in [1.82, 2.24) is 0 Å². The average Bonchev–Trinajstić information content (AvgIpc) is 2.35. The zero-order valence-corrected chi connectivity index (χ0v) is 10.1. The van der Waals surface area contributed by atoms with Crippen LogP contribution in [0.1, 0.15) is 24.2 Å². The van der Waals surface area contributed by atoms with Crippen LogP contribution < -0.4 is 9.47 Å². The lowest BCUT2D eigenvalue weighted by Gasteiger charge is -2.15. The Kier molecular flexibility index (Phi) is 4.34. The number of aryl methyl sites for hydroxylation is 1. The molecule has 17 heavy (non-hydrogen) atoms. The normalized spacial score (nSPS) is 12.0. The van der Waals surface area contributed by atoms with E-state index < -0.39 is 12.1 Å². The van der Waals surface area contributed by atoms with Crippen molar-refractivity contribution >= 4 is 5.97 Å². The Labute approximate surface area is 99.6 Å². The van der Waals surface area contributed by atoms with E-state index in [0.717, 1.165) is 5.56 Å². The number of benzene rings is 1. The summed E-state index contributed by atoms with van der Waals surface area (Å²) in [5, 5.41) is 18.4. The summed E-state index contributed by atoms with van der Waals surface area (Å²) in [4.78, 5) is 10.8. The summed E-state index contributed by atoms with van der Waals surface area (Å²) in [5.41, 5.74) is 1.06. The molecule has 2 N–H and O–H groups in total. The molecule has 5 nitrogen and oxygen atoms in total. The molecule has 0 aliphatic carbocycles. The third-order valence-electron chi connectivity index (χ3n) is 2.54. The number of aliphatic hydroxyl groups excluding tert-OH is 1. The van der Waals surface area contributed by atoms with Gasteiger partial charge in [0, 0.05) is 11.6 Å². The molecule has 0 heterocycles. The molecular formula is C12H16O5. The standard InChI is InChI=1S/C12H16O5/c1-4-7-5-8(11(13)12(14)15)10(17-3)6-9(7)16-2/h5-6,11,13H,4H2,1-3H3,(H,14,15).